The van der Waals surface area contributed by atoms with Crippen LogP contribution in [0.5, 0.6) is 0 Å². The van der Waals surface area contributed by atoms with Crippen molar-refractivity contribution >= 4 is 23.7 Å². The molecule has 116 valence electrons. The average molecular weight is 302 g/mol. The number of carbonyl (C=O) groups excluding carboxylic acids is 2. The molecule has 0 aromatic rings. The Bertz CT molecular complexity index is 381. The molecule has 1 aliphatic heterocycles. The molecule has 0 unspecified atom stereocenters. The van der Waals surface area contributed by atoms with Gasteiger partial charge in [0.2, 0.25) is 0 Å². The molecular weight excluding hydrogens is 276 g/mol. The number of hydrogen-bond donors (Lipinski definition) is 1. The molecule has 0 saturated carbocycles. The number of carbonyl (C=O) groups is 2. The minimum atomic E-state index is -0.780. The summed E-state index contributed by atoms with van der Waals surface area (Å²) < 4.78 is 5.60. The van der Waals surface area contributed by atoms with Gasteiger partial charge < -0.3 is 10.1 Å². The molecule has 0 spiro atoms. The van der Waals surface area contributed by atoms with E-state index in [-0.39, 0.29) is 22.8 Å². The molecule has 1 fully saturated rings. The van der Waals surface area contributed by atoms with Gasteiger partial charge in [-0.05, 0) is 41.5 Å². The molecule has 1 heterocycles. The molecule has 0 aromatic heterocycles. The zero-order valence-electron chi connectivity index (χ0n) is 13.3. The Kier molecular flexibility index (Phi) is 5.49. The number of imide groups is 1. The van der Waals surface area contributed by atoms with Crippen molar-refractivity contribution in [2.24, 2.45) is 0 Å². The van der Waals surface area contributed by atoms with E-state index in [1.54, 1.807) is 25.6 Å². The summed E-state index contributed by atoms with van der Waals surface area (Å²) >= 11 is 1.71. The monoisotopic (exact) mass is 302 g/mol. The van der Waals surface area contributed by atoms with Crippen LogP contribution in [0.15, 0.2) is 0 Å². The smallest absolute Gasteiger partial charge is 0.325 e. The van der Waals surface area contributed by atoms with Crippen molar-refractivity contribution in [1.29, 1.82) is 0 Å². The van der Waals surface area contributed by atoms with Crippen LogP contribution in [0.4, 0.5) is 4.79 Å². The molecular formula is C14H26N2O3S. The fourth-order valence-electron chi connectivity index (χ4n) is 1.84. The lowest BCUT2D eigenvalue weighted by Crippen LogP contribution is -2.40. The predicted molar refractivity (Wildman–Crippen MR) is 81.9 cm³/mol. The highest BCUT2D eigenvalue weighted by atomic mass is 32.2. The van der Waals surface area contributed by atoms with Crippen LogP contribution in [-0.4, -0.2) is 52.1 Å². The zero-order valence-corrected chi connectivity index (χ0v) is 14.1. The van der Waals surface area contributed by atoms with E-state index < -0.39 is 5.54 Å². The van der Waals surface area contributed by atoms with Gasteiger partial charge in [-0.2, -0.15) is 11.8 Å². The van der Waals surface area contributed by atoms with E-state index >= 15 is 0 Å². The molecule has 1 rings (SSSR count). The molecule has 0 atom stereocenters. The third-order valence-electron chi connectivity index (χ3n) is 3.02. The zero-order chi connectivity index (χ0) is 15.6. The van der Waals surface area contributed by atoms with Gasteiger partial charge in [0, 0.05) is 17.0 Å². The number of ether oxygens (including phenoxy) is 1. The van der Waals surface area contributed by atoms with Crippen LogP contribution < -0.4 is 5.32 Å². The largest absolute Gasteiger partial charge is 0.377 e. The highest BCUT2D eigenvalue weighted by Gasteiger charge is 2.43. The summed E-state index contributed by atoms with van der Waals surface area (Å²) in [7, 11) is 0. The van der Waals surface area contributed by atoms with Crippen molar-refractivity contribution in [3.05, 3.63) is 0 Å². The molecule has 20 heavy (non-hydrogen) atoms. The average Bonchev–Trinajstić information content (AvgIpc) is 2.48. The number of nitrogens with zero attached hydrogens (tertiary/aromatic N) is 1. The van der Waals surface area contributed by atoms with Crippen LogP contribution in [0.2, 0.25) is 0 Å². The third kappa shape index (κ3) is 4.66. The summed E-state index contributed by atoms with van der Waals surface area (Å²) in [6.07, 6.45) is 0.210. The SMILES string of the molecule is CC(C)OCC(C)(C)SCCN1C(=O)NC(C)(C)C1=O. The van der Waals surface area contributed by atoms with Crippen LogP contribution in [0.1, 0.15) is 41.5 Å². The van der Waals surface area contributed by atoms with Crippen LogP contribution in [-0.2, 0) is 9.53 Å². The number of hydrogen-bond acceptors (Lipinski definition) is 4. The highest BCUT2D eigenvalue weighted by Crippen LogP contribution is 2.26. The van der Waals surface area contributed by atoms with Crippen molar-refractivity contribution in [2.75, 3.05) is 18.9 Å². The molecule has 0 radical (unpaired) electrons. The first kappa shape index (κ1) is 17.3. The number of thioether (sulfide) groups is 1. The molecule has 0 bridgehead atoms. The summed E-state index contributed by atoms with van der Waals surface area (Å²) in [5, 5.41) is 2.68. The van der Waals surface area contributed by atoms with Crippen molar-refractivity contribution in [3.63, 3.8) is 0 Å². The third-order valence-corrected chi connectivity index (χ3v) is 4.30. The van der Waals surface area contributed by atoms with Gasteiger partial charge in [0.05, 0.1) is 12.7 Å². The topological polar surface area (TPSA) is 58.6 Å². The normalized spacial score (nSPS) is 18.9. The van der Waals surface area contributed by atoms with Crippen molar-refractivity contribution in [1.82, 2.24) is 10.2 Å². The lowest BCUT2D eigenvalue weighted by molar-refractivity contribution is -0.130. The lowest BCUT2D eigenvalue weighted by atomic mass is 10.1. The van der Waals surface area contributed by atoms with E-state index in [1.807, 2.05) is 13.8 Å². The summed E-state index contributed by atoms with van der Waals surface area (Å²) in [5.74, 6) is 0.559. The van der Waals surface area contributed by atoms with E-state index in [1.165, 1.54) is 4.90 Å². The molecule has 0 aliphatic carbocycles. The minimum absolute atomic E-state index is 0.0287. The van der Waals surface area contributed by atoms with E-state index in [0.717, 1.165) is 0 Å². The van der Waals surface area contributed by atoms with Gasteiger partial charge in [0.1, 0.15) is 5.54 Å². The molecule has 1 aliphatic rings. The fraction of sp³-hybridized carbons (Fsp3) is 0.857. The van der Waals surface area contributed by atoms with Gasteiger partial charge in [0.25, 0.3) is 5.91 Å². The van der Waals surface area contributed by atoms with Gasteiger partial charge >= 0.3 is 6.03 Å². The van der Waals surface area contributed by atoms with Gasteiger partial charge in [-0.3, -0.25) is 9.69 Å². The number of urea groups is 1. The Hall–Kier alpha value is -0.750. The highest BCUT2D eigenvalue weighted by molar-refractivity contribution is 8.00. The van der Waals surface area contributed by atoms with Crippen LogP contribution >= 0.6 is 11.8 Å². The minimum Gasteiger partial charge on any atom is -0.377 e. The number of amides is 3. The summed E-state index contributed by atoms with van der Waals surface area (Å²) in [5.41, 5.74) is -0.780. The van der Waals surface area contributed by atoms with Crippen molar-refractivity contribution in [3.8, 4) is 0 Å². The summed E-state index contributed by atoms with van der Waals surface area (Å²) in [6, 6.07) is -0.295. The number of nitrogens with one attached hydrogen (secondary N) is 1. The van der Waals surface area contributed by atoms with Crippen LogP contribution in [0.25, 0.3) is 0 Å². The van der Waals surface area contributed by atoms with Crippen molar-refractivity contribution in [2.45, 2.75) is 57.9 Å². The Balaban J connectivity index is 2.41. The Morgan fingerprint density at radius 2 is 1.95 bits per heavy atom. The van der Waals surface area contributed by atoms with Crippen molar-refractivity contribution < 1.29 is 14.3 Å². The maximum atomic E-state index is 12.0. The summed E-state index contributed by atoms with van der Waals surface area (Å²) in [6.45, 7) is 12.8. The lowest BCUT2D eigenvalue weighted by Gasteiger charge is -2.26. The second-order valence-corrected chi connectivity index (χ2v) is 8.28. The second kappa shape index (κ2) is 6.35. The van der Waals surface area contributed by atoms with E-state index in [9.17, 15) is 9.59 Å². The first-order valence-electron chi connectivity index (χ1n) is 6.95. The first-order valence-corrected chi connectivity index (χ1v) is 7.93. The Morgan fingerprint density at radius 3 is 2.40 bits per heavy atom. The molecule has 3 amide bonds. The Labute approximate surface area is 125 Å². The quantitative estimate of drug-likeness (QED) is 0.733. The first-order chi connectivity index (χ1) is 9.05. The van der Waals surface area contributed by atoms with Crippen LogP contribution in [0.3, 0.4) is 0 Å². The molecule has 5 nitrogen and oxygen atoms in total. The maximum Gasteiger partial charge on any atom is 0.325 e. The molecule has 1 saturated heterocycles. The molecule has 6 heteroatoms. The van der Waals surface area contributed by atoms with Gasteiger partial charge in [-0.1, -0.05) is 0 Å². The van der Waals surface area contributed by atoms with Gasteiger partial charge in [-0.15, -0.1) is 0 Å². The molecule has 1 N–H and O–H groups in total. The second-order valence-electron chi connectivity index (χ2n) is 6.48. The fourth-order valence-corrected chi connectivity index (χ4v) is 2.82. The van der Waals surface area contributed by atoms with E-state index in [4.69, 9.17) is 4.74 Å². The van der Waals surface area contributed by atoms with E-state index in [2.05, 4.69) is 19.2 Å². The number of rotatable bonds is 7. The van der Waals surface area contributed by atoms with E-state index in [0.29, 0.717) is 18.9 Å². The predicted octanol–water partition coefficient (Wildman–Crippen LogP) is 2.25. The van der Waals surface area contributed by atoms with Gasteiger partial charge in [-0.25, -0.2) is 4.79 Å². The molecule has 0 aromatic carbocycles. The Morgan fingerprint density at radius 1 is 1.35 bits per heavy atom. The van der Waals surface area contributed by atoms with Crippen LogP contribution in [0, 0.1) is 0 Å². The summed E-state index contributed by atoms with van der Waals surface area (Å²) in [4.78, 5) is 25.0. The standard InChI is InChI=1S/C14H26N2O3S/c1-10(2)19-9-13(3,4)20-8-7-16-11(17)14(5,6)15-12(16)18/h10H,7-9H2,1-6H3,(H,15,18). The maximum absolute atomic E-state index is 12.0. The van der Waals surface area contributed by atoms with Gasteiger partial charge in [0.15, 0.2) is 0 Å².